The molecule has 4 heteroatoms. The molecule has 0 radical (unpaired) electrons. The molecule has 2 atom stereocenters. The summed E-state index contributed by atoms with van der Waals surface area (Å²) in [5.74, 6) is 1.31. The minimum atomic E-state index is 0.226. The third kappa shape index (κ3) is 3.27. The lowest BCUT2D eigenvalue weighted by molar-refractivity contribution is 0.138. The van der Waals surface area contributed by atoms with Crippen molar-refractivity contribution in [1.29, 1.82) is 0 Å². The molecule has 0 amide bonds. The summed E-state index contributed by atoms with van der Waals surface area (Å²) in [6, 6.07) is 5.37. The van der Waals surface area contributed by atoms with Crippen molar-refractivity contribution in [2.75, 3.05) is 13.1 Å². The Balaban J connectivity index is 2.06. The van der Waals surface area contributed by atoms with E-state index in [0.717, 1.165) is 25.3 Å². The van der Waals surface area contributed by atoms with Gasteiger partial charge in [-0.3, -0.25) is 0 Å². The molecule has 1 aromatic rings. The second kappa shape index (κ2) is 5.94. The minimum absolute atomic E-state index is 0.226. The Labute approximate surface area is 112 Å². The van der Waals surface area contributed by atoms with Crippen LogP contribution in [0.25, 0.3) is 0 Å². The van der Waals surface area contributed by atoms with Crippen molar-refractivity contribution < 1.29 is 4.74 Å². The van der Waals surface area contributed by atoms with Gasteiger partial charge in [-0.05, 0) is 37.6 Å². The molecule has 1 unspecified atom stereocenters. The van der Waals surface area contributed by atoms with E-state index in [1.165, 1.54) is 6.42 Å². The highest BCUT2D eigenvalue weighted by Gasteiger charge is 2.25. The zero-order valence-electron chi connectivity index (χ0n) is 9.88. The molecule has 2 rings (SSSR count). The molecule has 1 heterocycles. The summed E-state index contributed by atoms with van der Waals surface area (Å²) in [6.45, 7) is 4.26. The Bertz CT molecular complexity index is 378. The fourth-order valence-electron chi connectivity index (χ4n) is 2.24. The number of hydrogen-bond donors (Lipinski definition) is 1. The molecule has 94 valence electrons. The second-order valence-electron chi connectivity index (χ2n) is 4.39. The lowest BCUT2D eigenvalue weighted by Gasteiger charge is -2.23. The van der Waals surface area contributed by atoms with Crippen molar-refractivity contribution in [2.24, 2.45) is 5.92 Å². The van der Waals surface area contributed by atoms with E-state index >= 15 is 0 Å². The van der Waals surface area contributed by atoms with E-state index < -0.39 is 0 Å². The van der Waals surface area contributed by atoms with Crippen LogP contribution in [0.2, 0.25) is 10.0 Å². The molecule has 0 spiro atoms. The van der Waals surface area contributed by atoms with Crippen molar-refractivity contribution in [3.8, 4) is 5.75 Å². The first-order valence-electron chi connectivity index (χ1n) is 6.03. The smallest absolute Gasteiger partial charge is 0.138 e. The van der Waals surface area contributed by atoms with Crippen LogP contribution in [0.5, 0.6) is 5.75 Å². The summed E-state index contributed by atoms with van der Waals surface area (Å²) in [4.78, 5) is 0. The lowest BCUT2D eigenvalue weighted by atomic mass is 9.99. The number of rotatable bonds is 4. The van der Waals surface area contributed by atoms with Gasteiger partial charge in [-0.15, -0.1) is 0 Å². The molecule has 0 saturated carbocycles. The standard InChI is InChI=1S/C13H17Cl2NO/c1-2-12(9-5-6-16-8-9)17-13-4-3-10(14)7-11(13)15/h3-4,7,9,12,16H,2,5-6,8H2,1H3/t9?,12-/m1/s1. The molecule has 1 saturated heterocycles. The highest BCUT2D eigenvalue weighted by atomic mass is 35.5. The number of ether oxygens (including phenoxy) is 1. The van der Waals surface area contributed by atoms with Gasteiger partial charge in [0.05, 0.1) is 5.02 Å². The summed E-state index contributed by atoms with van der Waals surface area (Å²) in [6.07, 6.45) is 2.39. The van der Waals surface area contributed by atoms with Gasteiger partial charge in [0.2, 0.25) is 0 Å². The van der Waals surface area contributed by atoms with E-state index in [1.54, 1.807) is 6.07 Å². The Kier molecular flexibility index (Phi) is 4.55. The van der Waals surface area contributed by atoms with Gasteiger partial charge in [0, 0.05) is 17.5 Å². The third-order valence-electron chi connectivity index (χ3n) is 3.20. The van der Waals surface area contributed by atoms with Gasteiger partial charge >= 0.3 is 0 Å². The molecule has 0 aromatic heterocycles. The van der Waals surface area contributed by atoms with Crippen LogP contribution in [0.3, 0.4) is 0 Å². The first-order valence-corrected chi connectivity index (χ1v) is 6.78. The van der Waals surface area contributed by atoms with E-state index in [0.29, 0.717) is 16.0 Å². The summed E-state index contributed by atoms with van der Waals surface area (Å²) in [7, 11) is 0. The summed E-state index contributed by atoms with van der Waals surface area (Å²) < 4.78 is 6.00. The van der Waals surface area contributed by atoms with Gasteiger partial charge in [0.1, 0.15) is 11.9 Å². The van der Waals surface area contributed by atoms with Crippen LogP contribution < -0.4 is 10.1 Å². The van der Waals surface area contributed by atoms with Crippen LogP contribution >= 0.6 is 23.2 Å². The van der Waals surface area contributed by atoms with Crippen molar-refractivity contribution in [3.05, 3.63) is 28.2 Å². The summed E-state index contributed by atoms with van der Waals surface area (Å²) >= 11 is 12.0. The zero-order valence-corrected chi connectivity index (χ0v) is 11.4. The number of nitrogens with one attached hydrogen (secondary N) is 1. The molecule has 0 bridgehead atoms. The molecule has 1 aromatic carbocycles. The predicted octanol–water partition coefficient (Wildman–Crippen LogP) is 3.76. The van der Waals surface area contributed by atoms with E-state index in [9.17, 15) is 0 Å². The predicted molar refractivity (Wildman–Crippen MR) is 72.1 cm³/mol. The van der Waals surface area contributed by atoms with Crippen LogP contribution in [0.15, 0.2) is 18.2 Å². The third-order valence-corrected chi connectivity index (χ3v) is 3.73. The Morgan fingerprint density at radius 3 is 2.88 bits per heavy atom. The lowest BCUT2D eigenvalue weighted by Crippen LogP contribution is -2.28. The Hall–Kier alpha value is -0.440. The maximum atomic E-state index is 6.11. The van der Waals surface area contributed by atoms with E-state index in [2.05, 4.69) is 12.2 Å². The topological polar surface area (TPSA) is 21.3 Å². The van der Waals surface area contributed by atoms with Gasteiger partial charge in [0.15, 0.2) is 0 Å². The summed E-state index contributed by atoms with van der Waals surface area (Å²) in [5, 5.41) is 4.58. The molecule has 1 N–H and O–H groups in total. The Morgan fingerprint density at radius 2 is 2.29 bits per heavy atom. The molecule has 0 aliphatic carbocycles. The second-order valence-corrected chi connectivity index (χ2v) is 5.24. The van der Waals surface area contributed by atoms with Gasteiger partial charge in [-0.1, -0.05) is 30.1 Å². The number of hydrogen-bond acceptors (Lipinski definition) is 2. The fraction of sp³-hybridized carbons (Fsp3) is 0.538. The zero-order chi connectivity index (χ0) is 12.3. The normalized spacial score (nSPS) is 21.5. The van der Waals surface area contributed by atoms with E-state index in [1.807, 2.05) is 12.1 Å². The monoisotopic (exact) mass is 273 g/mol. The quantitative estimate of drug-likeness (QED) is 0.902. The molecular formula is C13H17Cl2NO. The van der Waals surface area contributed by atoms with Crippen LogP contribution in [0, 0.1) is 5.92 Å². The van der Waals surface area contributed by atoms with Crippen molar-refractivity contribution in [3.63, 3.8) is 0 Å². The van der Waals surface area contributed by atoms with Gasteiger partial charge in [-0.25, -0.2) is 0 Å². The largest absolute Gasteiger partial charge is 0.489 e. The molecule has 1 aliphatic rings. The number of halogens is 2. The first kappa shape index (κ1) is 13.0. The molecular weight excluding hydrogens is 257 g/mol. The molecule has 1 fully saturated rings. The van der Waals surface area contributed by atoms with Gasteiger partial charge < -0.3 is 10.1 Å². The van der Waals surface area contributed by atoms with Crippen molar-refractivity contribution in [1.82, 2.24) is 5.32 Å². The van der Waals surface area contributed by atoms with Gasteiger partial charge in [0.25, 0.3) is 0 Å². The van der Waals surface area contributed by atoms with E-state index in [-0.39, 0.29) is 6.10 Å². The van der Waals surface area contributed by atoms with Crippen LogP contribution in [-0.2, 0) is 0 Å². The Morgan fingerprint density at radius 1 is 1.47 bits per heavy atom. The maximum Gasteiger partial charge on any atom is 0.138 e. The average molecular weight is 274 g/mol. The highest BCUT2D eigenvalue weighted by molar-refractivity contribution is 6.35. The van der Waals surface area contributed by atoms with Crippen LogP contribution in [0.1, 0.15) is 19.8 Å². The average Bonchev–Trinajstić information content (AvgIpc) is 2.81. The fourth-order valence-corrected chi connectivity index (χ4v) is 2.69. The molecule has 17 heavy (non-hydrogen) atoms. The maximum absolute atomic E-state index is 6.11. The van der Waals surface area contributed by atoms with Crippen molar-refractivity contribution in [2.45, 2.75) is 25.9 Å². The molecule has 1 aliphatic heterocycles. The summed E-state index contributed by atoms with van der Waals surface area (Å²) in [5.41, 5.74) is 0. The van der Waals surface area contributed by atoms with Crippen LogP contribution in [-0.4, -0.2) is 19.2 Å². The van der Waals surface area contributed by atoms with Gasteiger partial charge in [-0.2, -0.15) is 0 Å². The minimum Gasteiger partial charge on any atom is -0.489 e. The highest BCUT2D eigenvalue weighted by Crippen LogP contribution is 2.30. The number of benzene rings is 1. The van der Waals surface area contributed by atoms with E-state index in [4.69, 9.17) is 27.9 Å². The SMILES string of the molecule is CC[C@@H](Oc1ccc(Cl)cc1Cl)C1CCNC1. The molecule has 2 nitrogen and oxygen atoms in total. The van der Waals surface area contributed by atoms with Crippen LogP contribution in [0.4, 0.5) is 0 Å². The van der Waals surface area contributed by atoms with Crippen molar-refractivity contribution >= 4 is 23.2 Å². The first-order chi connectivity index (χ1) is 8.20.